The van der Waals surface area contributed by atoms with E-state index >= 15 is 0 Å². The Labute approximate surface area is 159 Å². The number of carbonyl (C=O) groups excluding carboxylic acids is 2. The third kappa shape index (κ3) is 3.70. The van der Waals surface area contributed by atoms with Gasteiger partial charge in [-0.15, -0.1) is 0 Å². The zero-order valence-corrected chi connectivity index (χ0v) is 15.9. The van der Waals surface area contributed by atoms with Gasteiger partial charge in [0.2, 0.25) is 11.8 Å². The first-order chi connectivity index (χ1) is 13.0. The van der Waals surface area contributed by atoms with Crippen molar-refractivity contribution in [2.45, 2.75) is 37.6 Å². The fourth-order valence-electron chi connectivity index (χ4n) is 4.33. The predicted molar refractivity (Wildman–Crippen MR) is 98.4 cm³/mol. The van der Waals surface area contributed by atoms with E-state index in [0.717, 1.165) is 25.8 Å². The molecule has 0 radical (unpaired) electrons. The van der Waals surface area contributed by atoms with Crippen LogP contribution >= 0.6 is 0 Å². The quantitative estimate of drug-likeness (QED) is 0.797. The molecule has 2 saturated heterocycles. The molecular formula is C20H27FN4O2. The molecule has 3 heterocycles. The standard InChI is InChI=1S/C20H27FN4O2/c1-23-10-11-25(14-15-2-3-15)19(27)20(23)6-8-24(9-7-20)18(26)12-17-5-4-16(21)13-22-17/h4-5,13,15H,2-3,6-12,14H2,1H3. The van der Waals surface area contributed by atoms with Gasteiger partial charge in [-0.1, -0.05) is 0 Å². The van der Waals surface area contributed by atoms with Gasteiger partial charge in [0.25, 0.3) is 0 Å². The lowest BCUT2D eigenvalue weighted by Crippen LogP contribution is -2.68. The second-order valence-corrected chi connectivity index (χ2v) is 8.17. The van der Waals surface area contributed by atoms with Gasteiger partial charge in [-0.3, -0.25) is 19.5 Å². The maximum atomic E-state index is 13.2. The van der Waals surface area contributed by atoms with Gasteiger partial charge in [0.05, 0.1) is 12.6 Å². The van der Waals surface area contributed by atoms with Gasteiger partial charge < -0.3 is 9.80 Å². The molecule has 7 heteroatoms. The van der Waals surface area contributed by atoms with E-state index < -0.39 is 11.4 Å². The van der Waals surface area contributed by atoms with E-state index in [1.165, 1.54) is 18.9 Å². The summed E-state index contributed by atoms with van der Waals surface area (Å²) in [6.07, 6.45) is 5.14. The molecule has 3 fully saturated rings. The van der Waals surface area contributed by atoms with Crippen LogP contribution in [0.15, 0.2) is 18.3 Å². The number of amides is 2. The highest BCUT2D eigenvalue weighted by Gasteiger charge is 2.50. The Balaban J connectivity index is 1.38. The second kappa shape index (κ2) is 7.19. The summed E-state index contributed by atoms with van der Waals surface area (Å²) in [5.41, 5.74) is 0.112. The Morgan fingerprint density at radius 3 is 2.59 bits per heavy atom. The number of hydrogen-bond donors (Lipinski definition) is 0. The molecule has 27 heavy (non-hydrogen) atoms. The maximum Gasteiger partial charge on any atom is 0.243 e. The number of piperazine rings is 1. The average molecular weight is 374 g/mol. The topological polar surface area (TPSA) is 56.8 Å². The van der Waals surface area contributed by atoms with E-state index in [4.69, 9.17) is 0 Å². The minimum atomic E-state index is -0.460. The Bertz CT molecular complexity index is 711. The molecule has 1 aliphatic carbocycles. The van der Waals surface area contributed by atoms with Crippen LogP contribution in [-0.2, 0) is 16.0 Å². The zero-order chi connectivity index (χ0) is 19.0. The van der Waals surface area contributed by atoms with E-state index in [0.29, 0.717) is 37.5 Å². The molecule has 1 aromatic heterocycles. The molecule has 146 valence electrons. The lowest BCUT2D eigenvalue weighted by molar-refractivity contribution is -0.156. The van der Waals surface area contributed by atoms with Crippen molar-refractivity contribution in [3.05, 3.63) is 29.8 Å². The number of carbonyl (C=O) groups is 2. The van der Waals surface area contributed by atoms with Crippen LogP contribution in [0.1, 0.15) is 31.4 Å². The summed E-state index contributed by atoms with van der Waals surface area (Å²) in [6.45, 7) is 3.76. The summed E-state index contributed by atoms with van der Waals surface area (Å²) >= 11 is 0. The van der Waals surface area contributed by atoms with Gasteiger partial charge in [0.1, 0.15) is 11.4 Å². The van der Waals surface area contributed by atoms with Crippen LogP contribution < -0.4 is 0 Å². The molecule has 0 bridgehead atoms. The Hall–Kier alpha value is -2.02. The number of likely N-dealkylation sites (N-methyl/N-ethyl adjacent to an activating group) is 1. The number of aromatic nitrogens is 1. The third-order valence-corrected chi connectivity index (χ3v) is 6.36. The van der Waals surface area contributed by atoms with Crippen LogP contribution in [-0.4, -0.2) is 76.8 Å². The molecule has 0 atom stereocenters. The van der Waals surface area contributed by atoms with E-state index in [9.17, 15) is 14.0 Å². The summed E-state index contributed by atoms with van der Waals surface area (Å²) in [7, 11) is 2.03. The number of hydrogen-bond acceptors (Lipinski definition) is 4. The van der Waals surface area contributed by atoms with E-state index in [2.05, 4.69) is 14.8 Å². The number of piperidine rings is 1. The average Bonchev–Trinajstić information content (AvgIpc) is 3.49. The van der Waals surface area contributed by atoms with Gasteiger partial charge in [-0.05, 0) is 50.8 Å². The molecule has 0 aromatic carbocycles. The highest BCUT2D eigenvalue weighted by molar-refractivity contribution is 5.88. The fraction of sp³-hybridized carbons (Fsp3) is 0.650. The Morgan fingerprint density at radius 2 is 1.96 bits per heavy atom. The number of rotatable bonds is 4. The summed E-state index contributed by atoms with van der Waals surface area (Å²) in [4.78, 5) is 35.8. The Morgan fingerprint density at radius 1 is 1.22 bits per heavy atom. The highest BCUT2D eigenvalue weighted by Crippen LogP contribution is 2.36. The molecule has 1 saturated carbocycles. The molecule has 2 amide bonds. The number of nitrogens with zero attached hydrogens (tertiary/aromatic N) is 4. The van der Waals surface area contributed by atoms with Gasteiger partial charge in [-0.25, -0.2) is 4.39 Å². The van der Waals surface area contributed by atoms with Crippen LogP contribution in [0.3, 0.4) is 0 Å². The molecule has 4 rings (SSSR count). The van der Waals surface area contributed by atoms with Crippen molar-refractivity contribution < 1.29 is 14.0 Å². The van der Waals surface area contributed by atoms with E-state index in [1.54, 1.807) is 6.07 Å². The number of halogens is 1. The second-order valence-electron chi connectivity index (χ2n) is 8.17. The molecule has 0 unspecified atom stereocenters. The van der Waals surface area contributed by atoms with Crippen molar-refractivity contribution in [3.63, 3.8) is 0 Å². The monoisotopic (exact) mass is 374 g/mol. The van der Waals surface area contributed by atoms with E-state index in [-0.39, 0.29) is 18.2 Å². The van der Waals surface area contributed by atoms with Gasteiger partial charge in [0, 0.05) is 38.4 Å². The summed E-state index contributed by atoms with van der Waals surface area (Å²) in [5.74, 6) is 0.528. The molecule has 6 nitrogen and oxygen atoms in total. The smallest absolute Gasteiger partial charge is 0.243 e. The largest absolute Gasteiger partial charge is 0.342 e. The molecule has 1 spiro atoms. The molecule has 3 aliphatic rings. The van der Waals surface area contributed by atoms with Gasteiger partial charge >= 0.3 is 0 Å². The van der Waals surface area contributed by atoms with Crippen LogP contribution in [0.2, 0.25) is 0 Å². The first kappa shape index (κ1) is 18.3. The fourth-order valence-corrected chi connectivity index (χ4v) is 4.33. The van der Waals surface area contributed by atoms with Crippen molar-refractivity contribution in [1.82, 2.24) is 19.7 Å². The molecule has 0 N–H and O–H groups in total. The number of pyridine rings is 1. The third-order valence-electron chi connectivity index (χ3n) is 6.36. The maximum absolute atomic E-state index is 13.2. The zero-order valence-electron chi connectivity index (χ0n) is 15.9. The SMILES string of the molecule is CN1CCN(CC2CC2)C(=O)C12CCN(C(=O)Cc1ccc(F)cn1)CC2. The van der Waals surface area contributed by atoms with Gasteiger partial charge in [0.15, 0.2) is 0 Å². The minimum absolute atomic E-state index is 0.00953. The highest BCUT2D eigenvalue weighted by atomic mass is 19.1. The van der Waals surface area contributed by atoms with Crippen LogP contribution in [0.5, 0.6) is 0 Å². The summed E-state index contributed by atoms with van der Waals surface area (Å²) < 4.78 is 13.0. The predicted octanol–water partition coefficient (Wildman–Crippen LogP) is 1.31. The first-order valence-corrected chi connectivity index (χ1v) is 9.87. The molecule has 1 aromatic rings. The summed E-state index contributed by atoms with van der Waals surface area (Å²) in [6, 6.07) is 2.87. The van der Waals surface area contributed by atoms with Crippen LogP contribution in [0.4, 0.5) is 4.39 Å². The lowest BCUT2D eigenvalue weighted by atomic mass is 9.82. The van der Waals surface area contributed by atoms with Crippen molar-refractivity contribution in [2.24, 2.45) is 5.92 Å². The first-order valence-electron chi connectivity index (χ1n) is 9.87. The van der Waals surface area contributed by atoms with Crippen molar-refractivity contribution in [1.29, 1.82) is 0 Å². The van der Waals surface area contributed by atoms with Crippen LogP contribution in [0, 0.1) is 11.7 Å². The molecule has 2 aliphatic heterocycles. The Kier molecular flexibility index (Phi) is 4.88. The summed E-state index contributed by atoms with van der Waals surface area (Å²) in [5, 5.41) is 0. The minimum Gasteiger partial charge on any atom is -0.342 e. The van der Waals surface area contributed by atoms with Crippen LogP contribution in [0.25, 0.3) is 0 Å². The number of likely N-dealkylation sites (tertiary alicyclic amines) is 1. The van der Waals surface area contributed by atoms with Gasteiger partial charge in [-0.2, -0.15) is 0 Å². The van der Waals surface area contributed by atoms with Crippen molar-refractivity contribution in [2.75, 3.05) is 39.8 Å². The molecular weight excluding hydrogens is 347 g/mol. The lowest BCUT2D eigenvalue weighted by Gasteiger charge is -2.51. The van der Waals surface area contributed by atoms with Crippen molar-refractivity contribution in [3.8, 4) is 0 Å². The van der Waals surface area contributed by atoms with E-state index in [1.807, 2.05) is 11.9 Å². The normalized spacial score (nSPS) is 23.1. The van der Waals surface area contributed by atoms with Crippen molar-refractivity contribution >= 4 is 11.8 Å².